The minimum Gasteiger partial charge on any atom is -0.384 e. The number of anilines is 2. The van der Waals surface area contributed by atoms with E-state index in [2.05, 4.69) is 10.3 Å². The van der Waals surface area contributed by atoms with Crippen molar-refractivity contribution in [3.05, 3.63) is 54.0 Å². The maximum absolute atomic E-state index is 13.6. The van der Waals surface area contributed by atoms with Crippen LogP contribution in [0.3, 0.4) is 0 Å². The summed E-state index contributed by atoms with van der Waals surface area (Å²) in [6, 6.07) is 9.70. The average Bonchev–Trinajstić information content (AvgIpc) is 3.00. The van der Waals surface area contributed by atoms with Crippen molar-refractivity contribution in [1.82, 2.24) is 4.98 Å². The summed E-state index contributed by atoms with van der Waals surface area (Å²) in [6.45, 7) is 0. The molecule has 1 saturated carbocycles. The molecule has 1 fully saturated rings. The normalized spacial score (nSPS) is 15.7. The van der Waals surface area contributed by atoms with Gasteiger partial charge >= 0.3 is 0 Å². The number of nitrogens with zero attached hydrogens (tertiary/aromatic N) is 1. The van der Waals surface area contributed by atoms with E-state index in [4.69, 9.17) is 5.73 Å². The first-order chi connectivity index (χ1) is 10.6. The van der Waals surface area contributed by atoms with Crippen LogP contribution in [-0.4, -0.2) is 10.9 Å². The molecule has 3 rings (SSSR count). The van der Waals surface area contributed by atoms with Crippen LogP contribution in [0.1, 0.15) is 31.2 Å². The first-order valence-electron chi connectivity index (χ1n) is 7.39. The summed E-state index contributed by atoms with van der Waals surface area (Å²) in [5.41, 5.74) is 6.23. The lowest BCUT2D eigenvalue weighted by atomic mass is 9.78. The van der Waals surface area contributed by atoms with Gasteiger partial charge in [-0.1, -0.05) is 25.0 Å². The minimum atomic E-state index is -0.663. The minimum absolute atomic E-state index is 0. The SMILES string of the molecule is Cl.Nc1ccc(NC(=O)C2(c3cccc(F)c3)CCCC2)cn1. The lowest BCUT2D eigenvalue weighted by Crippen LogP contribution is -2.38. The molecule has 1 aromatic heterocycles. The monoisotopic (exact) mass is 335 g/mol. The Hall–Kier alpha value is -2.14. The number of nitrogens with one attached hydrogen (secondary N) is 1. The van der Waals surface area contributed by atoms with Crippen LogP contribution in [0, 0.1) is 5.82 Å². The summed E-state index contributed by atoms with van der Waals surface area (Å²) >= 11 is 0. The first kappa shape index (κ1) is 17.2. The van der Waals surface area contributed by atoms with Crippen LogP contribution in [0.4, 0.5) is 15.9 Å². The van der Waals surface area contributed by atoms with Gasteiger partial charge in [-0.15, -0.1) is 12.4 Å². The molecule has 1 aliphatic rings. The number of hydrogen-bond donors (Lipinski definition) is 2. The highest BCUT2D eigenvalue weighted by Gasteiger charge is 2.42. The van der Waals surface area contributed by atoms with Crippen LogP contribution in [-0.2, 0) is 10.2 Å². The average molecular weight is 336 g/mol. The second-order valence-electron chi connectivity index (χ2n) is 5.73. The van der Waals surface area contributed by atoms with Gasteiger partial charge in [0.05, 0.1) is 17.3 Å². The Morgan fingerprint density at radius 2 is 1.96 bits per heavy atom. The highest BCUT2D eigenvalue weighted by atomic mass is 35.5. The van der Waals surface area contributed by atoms with E-state index in [0.717, 1.165) is 31.2 Å². The molecule has 0 aliphatic heterocycles. The molecule has 0 bridgehead atoms. The summed E-state index contributed by atoms with van der Waals surface area (Å²) < 4.78 is 13.6. The molecule has 1 amide bonds. The molecule has 2 aromatic rings. The zero-order chi connectivity index (χ0) is 15.6. The van der Waals surface area contributed by atoms with Crippen molar-refractivity contribution in [3.8, 4) is 0 Å². The predicted octanol–water partition coefficient (Wildman–Crippen LogP) is 3.68. The lowest BCUT2D eigenvalue weighted by molar-refractivity contribution is -0.121. The molecule has 0 spiro atoms. The number of carbonyl (C=O) groups is 1. The Kier molecular flexibility index (Phi) is 5.21. The van der Waals surface area contributed by atoms with Crippen molar-refractivity contribution in [2.24, 2.45) is 0 Å². The van der Waals surface area contributed by atoms with E-state index in [9.17, 15) is 9.18 Å². The third kappa shape index (κ3) is 3.45. The van der Waals surface area contributed by atoms with Crippen molar-refractivity contribution in [2.45, 2.75) is 31.1 Å². The number of hydrogen-bond acceptors (Lipinski definition) is 3. The molecule has 3 N–H and O–H groups in total. The standard InChI is InChI=1S/C17H18FN3O.ClH/c18-13-5-3-4-12(10-13)17(8-1-2-9-17)16(22)21-14-6-7-15(19)20-11-14;/h3-7,10-11H,1-2,8-9H2,(H2,19,20)(H,21,22);1H. The van der Waals surface area contributed by atoms with Crippen LogP contribution in [0.5, 0.6) is 0 Å². The third-order valence-corrected chi connectivity index (χ3v) is 4.31. The Balaban J connectivity index is 0.00000192. The Morgan fingerprint density at radius 1 is 1.22 bits per heavy atom. The molecule has 23 heavy (non-hydrogen) atoms. The molecule has 0 unspecified atom stereocenters. The Bertz CT molecular complexity index is 684. The second kappa shape index (κ2) is 6.96. The van der Waals surface area contributed by atoms with E-state index in [1.807, 2.05) is 6.07 Å². The van der Waals surface area contributed by atoms with Gasteiger partial charge in [0.2, 0.25) is 5.91 Å². The van der Waals surface area contributed by atoms with Crippen molar-refractivity contribution < 1.29 is 9.18 Å². The van der Waals surface area contributed by atoms with Crippen LogP contribution in [0.25, 0.3) is 0 Å². The van der Waals surface area contributed by atoms with Crippen molar-refractivity contribution in [3.63, 3.8) is 0 Å². The van der Waals surface area contributed by atoms with Gasteiger partial charge in [-0.2, -0.15) is 0 Å². The van der Waals surface area contributed by atoms with Gasteiger partial charge in [0.25, 0.3) is 0 Å². The number of nitrogen functional groups attached to an aromatic ring is 1. The number of nitrogens with two attached hydrogens (primary N) is 1. The van der Waals surface area contributed by atoms with Gasteiger partial charge < -0.3 is 11.1 Å². The maximum atomic E-state index is 13.6. The highest BCUT2D eigenvalue weighted by molar-refractivity contribution is 5.99. The number of carbonyl (C=O) groups excluding carboxylic acids is 1. The van der Waals surface area contributed by atoms with Crippen LogP contribution >= 0.6 is 12.4 Å². The fourth-order valence-corrected chi connectivity index (χ4v) is 3.14. The molecule has 4 nitrogen and oxygen atoms in total. The Labute approximate surface area is 140 Å². The molecule has 1 aromatic carbocycles. The van der Waals surface area contributed by atoms with Gasteiger partial charge in [0.15, 0.2) is 0 Å². The summed E-state index contributed by atoms with van der Waals surface area (Å²) in [7, 11) is 0. The summed E-state index contributed by atoms with van der Waals surface area (Å²) in [5.74, 6) is -0.0217. The molecule has 1 heterocycles. The van der Waals surface area contributed by atoms with Gasteiger partial charge in [0.1, 0.15) is 11.6 Å². The van der Waals surface area contributed by atoms with E-state index < -0.39 is 5.41 Å². The van der Waals surface area contributed by atoms with E-state index in [1.54, 1.807) is 18.2 Å². The maximum Gasteiger partial charge on any atom is 0.235 e. The van der Waals surface area contributed by atoms with Crippen molar-refractivity contribution >= 4 is 29.8 Å². The number of amides is 1. The van der Waals surface area contributed by atoms with E-state index in [0.29, 0.717) is 11.5 Å². The summed E-state index contributed by atoms with van der Waals surface area (Å²) in [5, 5.41) is 2.89. The van der Waals surface area contributed by atoms with E-state index >= 15 is 0 Å². The van der Waals surface area contributed by atoms with Gasteiger partial charge in [0, 0.05) is 0 Å². The summed E-state index contributed by atoms with van der Waals surface area (Å²) in [6.07, 6.45) is 4.91. The number of halogens is 2. The van der Waals surface area contributed by atoms with Crippen LogP contribution < -0.4 is 11.1 Å². The van der Waals surface area contributed by atoms with E-state index in [-0.39, 0.29) is 24.1 Å². The molecular weight excluding hydrogens is 317 g/mol. The fraction of sp³-hybridized carbons (Fsp3) is 0.294. The largest absolute Gasteiger partial charge is 0.384 e. The molecule has 0 saturated heterocycles. The fourth-order valence-electron chi connectivity index (χ4n) is 3.14. The van der Waals surface area contributed by atoms with Gasteiger partial charge in [-0.25, -0.2) is 9.37 Å². The van der Waals surface area contributed by atoms with Crippen LogP contribution in [0.15, 0.2) is 42.6 Å². The highest BCUT2D eigenvalue weighted by Crippen LogP contribution is 2.42. The predicted molar refractivity (Wildman–Crippen MR) is 91.1 cm³/mol. The molecule has 1 aliphatic carbocycles. The number of benzene rings is 1. The smallest absolute Gasteiger partial charge is 0.235 e. The molecule has 0 radical (unpaired) electrons. The molecule has 6 heteroatoms. The van der Waals surface area contributed by atoms with Crippen molar-refractivity contribution in [1.29, 1.82) is 0 Å². The molecular formula is C17H19ClFN3O. The first-order valence-corrected chi connectivity index (χ1v) is 7.39. The zero-order valence-corrected chi connectivity index (χ0v) is 13.4. The third-order valence-electron chi connectivity index (χ3n) is 4.31. The quantitative estimate of drug-likeness (QED) is 0.899. The zero-order valence-electron chi connectivity index (χ0n) is 12.6. The topological polar surface area (TPSA) is 68.0 Å². The van der Waals surface area contributed by atoms with Crippen molar-refractivity contribution in [2.75, 3.05) is 11.1 Å². The van der Waals surface area contributed by atoms with Gasteiger partial charge in [-0.05, 0) is 42.7 Å². The molecule has 122 valence electrons. The van der Waals surface area contributed by atoms with Gasteiger partial charge in [-0.3, -0.25) is 4.79 Å². The summed E-state index contributed by atoms with van der Waals surface area (Å²) in [4.78, 5) is 16.8. The number of pyridine rings is 1. The molecule has 0 atom stereocenters. The second-order valence-corrected chi connectivity index (χ2v) is 5.73. The Morgan fingerprint density at radius 3 is 2.57 bits per heavy atom. The number of rotatable bonds is 3. The lowest BCUT2D eigenvalue weighted by Gasteiger charge is -2.28. The number of aromatic nitrogens is 1. The van der Waals surface area contributed by atoms with Crippen LogP contribution in [0.2, 0.25) is 0 Å². The van der Waals surface area contributed by atoms with E-state index in [1.165, 1.54) is 18.3 Å².